The summed E-state index contributed by atoms with van der Waals surface area (Å²) in [5.41, 5.74) is 5.09. The van der Waals surface area contributed by atoms with Crippen LogP contribution in [0.1, 0.15) is 30.0 Å². The number of anilines is 1. The van der Waals surface area contributed by atoms with E-state index in [1.54, 1.807) is 12.1 Å². The van der Waals surface area contributed by atoms with E-state index in [1.807, 2.05) is 98.8 Å². The third-order valence-corrected chi connectivity index (χ3v) is 10.3. The first kappa shape index (κ1) is 25.5. The molecule has 38 heavy (non-hydrogen) atoms. The lowest BCUT2D eigenvalue weighted by Gasteiger charge is -2.41. The molecule has 1 aliphatic heterocycles. The van der Waals surface area contributed by atoms with Crippen molar-refractivity contribution in [1.82, 2.24) is 5.32 Å². The predicted octanol–water partition coefficient (Wildman–Crippen LogP) is 6.00. The van der Waals surface area contributed by atoms with E-state index in [9.17, 15) is 9.59 Å². The van der Waals surface area contributed by atoms with Crippen LogP contribution in [-0.4, -0.2) is 18.9 Å². The highest BCUT2D eigenvalue weighted by molar-refractivity contribution is 7.69. The Morgan fingerprint density at radius 3 is 2.03 bits per heavy atom. The van der Waals surface area contributed by atoms with Gasteiger partial charge in [-0.05, 0) is 54.8 Å². The van der Waals surface area contributed by atoms with Crippen LogP contribution in [0, 0.1) is 6.92 Å². The number of carbonyl (C=O) groups is 2. The molecule has 6 nitrogen and oxygen atoms in total. The molecular formula is C31H29N2O4P. The lowest BCUT2D eigenvalue weighted by atomic mass is 9.91. The van der Waals surface area contributed by atoms with Gasteiger partial charge in [0.05, 0.1) is 5.30 Å². The molecule has 0 fully saturated rings. The summed E-state index contributed by atoms with van der Waals surface area (Å²) in [5, 5.41) is 4.82. The van der Waals surface area contributed by atoms with Crippen LogP contribution < -0.4 is 20.5 Å². The summed E-state index contributed by atoms with van der Waals surface area (Å²) >= 11 is 0. The molecule has 0 saturated carbocycles. The Kier molecular flexibility index (Phi) is 6.68. The van der Waals surface area contributed by atoms with Crippen molar-refractivity contribution >= 4 is 30.2 Å². The lowest BCUT2D eigenvalue weighted by Crippen LogP contribution is -2.34. The summed E-state index contributed by atoms with van der Waals surface area (Å²) in [6.07, 6.45) is -0.265. The molecule has 0 spiro atoms. The van der Waals surface area contributed by atoms with Crippen molar-refractivity contribution in [3.05, 3.63) is 114 Å². The molecule has 7 heteroatoms. The molecule has 1 heterocycles. The van der Waals surface area contributed by atoms with Crippen molar-refractivity contribution in [2.24, 2.45) is 0 Å². The number of nitrogens with one attached hydrogen (secondary N) is 2. The molecule has 0 bridgehead atoms. The quantitative estimate of drug-likeness (QED) is 0.240. The smallest absolute Gasteiger partial charge is 0.292 e. The monoisotopic (exact) mass is 524 g/mol. The van der Waals surface area contributed by atoms with Gasteiger partial charge in [-0.1, -0.05) is 78.4 Å². The Labute approximate surface area is 222 Å². The predicted molar refractivity (Wildman–Crippen MR) is 151 cm³/mol. The lowest BCUT2D eigenvalue weighted by molar-refractivity contribution is -0.126. The first-order chi connectivity index (χ1) is 18.3. The number of hydrogen-bond donors (Lipinski definition) is 2. The molecule has 1 aliphatic rings. The highest BCUT2D eigenvalue weighted by Crippen LogP contribution is 2.68. The first-order valence-electron chi connectivity index (χ1n) is 12.4. The van der Waals surface area contributed by atoms with Gasteiger partial charge in [-0.3, -0.25) is 14.2 Å². The van der Waals surface area contributed by atoms with Crippen molar-refractivity contribution in [3.63, 3.8) is 0 Å². The maximum absolute atomic E-state index is 15.4. The summed E-state index contributed by atoms with van der Waals surface area (Å²) in [4.78, 5) is 23.8. The van der Waals surface area contributed by atoms with Crippen LogP contribution in [0.15, 0.2) is 97.1 Å². The van der Waals surface area contributed by atoms with Crippen LogP contribution >= 0.6 is 7.37 Å². The van der Waals surface area contributed by atoms with Crippen LogP contribution in [0.3, 0.4) is 0 Å². The second-order valence-corrected chi connectivity index (χ2v) is 12.2. The van der Waals surface area contributed by atoms with Crippen molar-refractivity contribution in [1.29, 1.82) is 0 Å². The minimum absolute atomic E-state index is 0.265. The van der Waals surface area contributed by atoms with E-state index in [4.69, 9.17) is 4.52 Å². The molecule has 0 aliphatic carbocycles. The van der Waals surface area contributed by atoms with Gasteiger partial charge >= 0.3 is 0 Å². The molecule has 4 aromatic rings. The summed E-state index contributed by atoms with van der Waals surface area (Å²) < 4.78 is 21.9. The van der Waals surface area contributed by atoms with Crippen molar-refractivity contribution in [2.75, 3.05) is 12.4 Å². The van der Waals surface area contributed by atoms with Gasteiger partial charge in [0.2, 0.25) is 11.8 Å². The van der Waals surface area contributed by atoms with Gasteiger partial charge in [-0.25, -0.2) is 0 Å². The van der Waals surface area contributed by atoms with E-state index >= 15 is 4.57 Å². The van der Waals surface area contributed by atoms with E-state index in [-0.39, 0.29) is 12.3 Å². The molecule has 192 valence electrons. The zero-order valence-corrected chi connectivity index (χ0v) is 22.4. The number of aryl methyl sites for hydroxylation is 1. The van der Waals surface area contributed by atoms with Gasteiger partial charge in [0.1, 0.15) is 17.3 Å². The second kappa shape index (κ2) is 9.96. The standard InChI is InChI=1S/C31H29N2O4P/c1-21-12-14-22(15-13-21)31(2,23-16-18-24(19-17-23)33-30(35)20-29(34)32-3)38(36)28-11-7-5-9-26(28)25-8-4-6-10-27(25)37-38/h4-19H,20H2,1-3H3,(H,32,34)(H,33,35). The molecule has 0 aromatic heterocycles. The summed E-state index contributed by atoms with van der Waals surface area (Å²) in [6.45, 7) is 3.98. The van der Waals surface area contributed by atoms with E-state index in [0.717, 1.165) is 27.8 Å². The minimum atomic E-state index is -3.62. The van der Waals surface area contributed by atoms with Crippen LogP contribution in [0.25, 0.3) is 11.1 Å². The second-order valence-electron chi connectivity index (χ2n) is 9.57. The zero-order valence-electron chi connectivity index (χ0n) is 21.5. The van der Waals surface area contributed by atoms with Crippen molar-refractivity contribution in [3.8, 4) is 16.9 Å². The molecule has 0 radical (unpaired) electrons. The van der Waals surface area contributed by atoms with Gasteiger partial charge in [0.25, 0.3) is 7.37 Å². The topological polar surface area (TPSA) is 84.5 Å². The molecule has 2 amide bonds. The average Bonchev–Trinajstić information content (AvgIpc) is 2.93. The summed E-state index contributed by atoms with van der Waals surface area (Å²) in [5.74, 6) is -0.184. The third-order valence-electron chi connectivity index (χ3n) is 7.16. The highest BCUT2D eigenvalue weighted by atomic mass is 31.2. The van der Waals surface area contributed by atoms with E-state index in [0.29, 0.717) is 16.7 Å². The normalized spacial score (nSPS) is 17.2. The average molecular weight is 525 g/mol. The van der Waals surface area contributed by atoms with Crippen molar-refractivity contribution in [2.45, 2.75) is 25.4 Å². The van der Waals surface area contributed by atoms with E-state index in [1.165, 1.54) is 7.05 Å². The largest absolute Gasteiger partial charge is 0.438 e. The first-order valence-corrected chi connectivity index (χ1v) is 14.1. The molecular weight excluding hydrogens is 495 g/mol. The van der Waals surface area contributed by atoms with Crippen LogP contribution in [0.2, 0.25) is 0 Å². The van der Waals surface area contributed by atoms with Gasteiger partial charge in [0.15, 0.2) is 0 Å². The number of rotatable bonds is 6. The number of para-hydroxylation sites is 1. The number of amides is 2. The number of benzene rings is 4. The van der Waals surface area contributed by atoms with Gasteiger partial charge in [-0.2, -0.15) is 0 Å². The maximum Gasteiger partial charge on any atom is 0.292 e. The minimum Gasteiger partial charge on any atom is -0.438 e. The highest BCUT2D eigenvalue weighted by Gasteiger charge is 2.53. The van der Waals surface area contributed by atoms with Gasteiger partial charge in [0, 0.05) is 18.3 Å². The fourth-order valence-corrected chi connectivity index (χ4v) is 7.92. The molecule has 2 unspecified atom stereocenters. The fourth-order valence-electron chi connectivity index (χ4n) is 4.95. The summed E-state index contributed by atoms with van der Waals surface area (Å²) in [6, 6.07) is 30.7. The van der Waals surface area contributed by atoms with E-state index in [2.05, 4.69) is 10.6 Å². The van der Waals surface area contributed by atoms with E-state index < -0.39 is 18.4 Å². The molecule has 2 atom stereocenters. The molecule has 0 saturated heterocycles. The third kappa shape index (κ3) is 4.31. The Morgan fingerprint density at radius 2 is 1.37 bits per heavy atom. The van der Waals surface area contributed by atoms with Crippen LogP contribution in [0.4, 0.5) is 5.69 Å². The fraction of sp³-hybridized carbons (Fsp3) is 0.161. The zero-order chi connectivity index (χ0) is 26.9. The Morgan fingerprint density at radius 1 is 0.789 bits per heavy atom. The van der Waals surface area contributed by atoms with Crippen LogP contribution in [-0.2, 0) is 19.3 Å². The number of fused-ring (bicyclic) bond motifs is 3. The Hall–Kier alpha value is -4.15. The SMILES string of the molecule is CNC(=O)CC(=O)Nc1ccc(C(C)(c2ccc(C)cc2)P2(=O)Oc3ccccc3-c3ccccc32)cc1. The Balaban J connectivity index is 1.64. The number of carbonyl (C=O) groups excluding carboxylic acids is 2. The Bertz CT molecular complexity index is 1560. The molecule has 2 N–H and O–H groups in total. The molecule has 4 aromatic carbocycles. The van der Waals surface area contributed by atoms with Crippen molar-refractivity contribution < 1.29 is 18.7 Å². The summed E-state index contributed by atoms with van der Waals surface area (Å²) in [7, 11) is -2.13. The molecule has 5 rings (SSSR count). The number of hydrogen-bond acceptors (Lipinski definition) is 4. The van der Waals surface area contributed by atoms with Crippen LogP contribution in [0.5, 0.6) is 5.75 Å². The maximum atomic E-state index is 15.4. The van der Waals surface area contributed by atoms with Gasteiger partial charge in [-0.15, -0.1) is 0 Å². The van der Waals surface area contributed by atoms with Gasteiger partial charge < -0.3 is 15.2 Å².